The van der Waals surface area contributed by atoms with E-state index in [1.807, 2.05) is 49.4 Å². The van der Waals surface area contributed by atoms with Crippen molar-refractivity contribution in [2.45, 2.75) is 13.5 Å². The maximum atomic E-state index is 12.3. The molecule has 2 aromatic carbocycles. The molecule has 0 radical (unpaired) electrons. The summed E-state index contributed by atoms with van der Waals surface area (Å²) in [6.45, 7) is 2.38. The Kier molecular flexibility index (Phi) is 5.17. The Morgan fingerprint density at radius 2 is 1.85 bits per heavy atom. The molecule has 0 aliphatic heterocycles. The van der Waals surface area contributed by atoms with Crippen LogP contribution < -0.4 is 15.6 Å². The number of nitrogens with zero attached hydrogens (tertiary/aromatic N) is 1. The first-order valence-corrected chi connectivity index (χ1v) is 8.28. The molecular formula is C21H20N2O3. The van der Waals surface area contributed by atoms with E-state index >= 15 is 0 Å². The van der Waals surface area contributed by atoms with E-state index in [1.54, 1.807) is 25.4 Å². The summed E-state index contributed by atoms with van der Waals surface area (Å²) in [5.74, 6) is 0.418. The first-order valence-electron chi connectivity index (χ1n) is 8.28. The highest BCUT2D eigenvalue weighted by molar-refractivity contribution is 6.04. The molecule has 132 valence electrons. The van der Waals surface area contributed by atoms with Gasteiger partial charge in [-0.05, 0) is 42.3 Å². The first-order chi connectivity index (χ1) is 12.5. The predicted molar refractivity (Wildman–Crippen MR) is 102 cm³/mol. The summed E-state index contributed by atoms with van der Waals surface area (Å²) in [5, 5.41) is 2.83. The number of anilines is 1. The summed E-state index contributed by atoms with van der Waals surface area (Å²) < 4.78 is 7.21. The lowest BCUT2D eigenvalue weighted by atomic mass is 10.1. The smallest absolute Gasteiger partial charge is 0.255 e. The van der Waals surface area contributed by atoms with Gasteiger partial charge in [0.05, 0.1) is 0 Å². The largest absolute Gasteiger partial charge is 0.489 e. The lowest BCUT2D eigenvalue weighted by molar-refractivity contribution is 0.102. The van der Waals surface area contributed by atoms with Gasteiger partial charge in [-0.2, -0.15) is 0 Å². The summed E-state index contributed by atoms with van der Waals surface area (Å²) in [6, 6.07) is 18.3. The minimum atomic E-state index is -0.316. The van der Waals surface area contributed by atoms with E-state index in [-0.39, 0.29) is 11.5 Å². The molecule has 0 fully saturated rings. The van der Waals surface area contributed by atoms with Crippen LogP contribution in [-0.4, -0.2) is 10.5 Å². The Hall–Kier alpha value is -3.34. The van der Waals surface area contributed by atoms with Gasteiger partial charge in [-0.25, -0.2) is 0 Å². The van der Waals surface area contributed by atoms with Crippen LogP contribution >= 0.6 is 0 Å². The number of rotatable bonds is 5. The molecule has 5 nitrogen and oxygen atoms in total. The number of benzene rings is 2. The molecule has 5 heteroatoms. The fourth-order valence-electron chi connectivity index (χ4n) is 2.49. The van der Waals surface area contributed by atoms with Gasteiger partial charge in [0.1, 0.15) is 12.4 Å². The minimum Gasteiger partial charge on any atom is -0.489 e. The fourth-order valence-corrected chi connectivity index (χ4v) is 2.49. The maximum absolute atomic E-state index is 12.3. The van der Waals surface area contributed by atoms with Crippen LogP contribution in [-0.2, 0) is 13.7 Å². The highest BCUT2D eigenvalue weighted by Crippen LogP contribution is 2.22. The number of carbonyl (C=O) groups excluding carboxylic acids is 1. The number of nitrogens with one attached hydrogen (secondary N) is 1. The van der Waals surface area contributed by atoms with E-state index in [0.717, 1.165) is 16.9 Å². The van der Waals surface area contributed by atoms with E-state index in [4.69, 9.17) is 4.74 Å². The summed E-state index contributed by atoms with van der Waals surface area (Å²) in [4.78, 5) is 24.0. The van der Waals surface area contributed by atoms with Crippen molar-refractivity contribution in [2.75, 3.05) is 5.32 Å². The quantitative estimate of drug-likeness (QED) is 0.767. The normalized spacial score (nSPS) is 10.4. The molecule has 0 aliphatic carbocycles. The molecule has 26 heavy (non-hydrogen) atoms. The second-order valence-corrected chi connectivity index (χ2v) is 6.07. The molecule has 1 amide bonds. The average molecular weight is 348 g/mol. The van der Waals surface area contributed by atoms with Crippen molar-refractivity contribution in [1.82, 2.24) is 4.57 Å². The van der Waals surface area contributed by atoms with Crippen LogP contribution in [0.5, 0.6) is 5.75 Å². The molecule has 1 N–H and O–H groups in total. The minimum absolute atomic E-state index is 0.223. The van der Waals surface area contributed by atoms with Crippen LogP contribution in [0, 0.1) is 6.92 Å². The number of hydrogen-bond acceptors (Lipinski definition) is 3. The SMILES string of the molecule is Cc1cc(OCc2ccccc2)ccc1NC(=O)c1ccn(C)c(=O)c1. The van der Waals surface area contributed by atoms with E-state index in [9.17, 15) is 9.59 Å². The molecule has 0 saturated carbocycles. The zero-order chi connectivity index (χ0) is 18.5. The summed E-state index contributed by atoms with van der Waals surface area (Å²) in [7, 11) is 1.64. The van der Waals surface area contributed by atoms with E-state index in [2.05, 4.69) is 5.32 Å². The number of pyridine rings is 1. The lowest BCUT2D eigenvalue weighted by Gasteiger charge is -2.12. The standard InChI is InChI=1S/C21H20N2O3/c1-15-12-18(26-14-16-6-4-3-5-7-16)8-9-19(15)22-21(25)17-10-11-23(2)20(24)13-17/h3-13H,14H2,1-2H3,(H,22,25). The van der Waals surface area contributed by atoms with Crippen LogP contribution in [0.2, 0.25) is 0 Å². The molecule has 1 aromatic heterocycles. The third kappa shape index (κ3) is 4.19. The topological polar surface area (TPSA) is 60.3 Å². The van der Waals surface area contributed by atoms with Gasteiger partial charge < -0.3 is 14.6 Å². The van der Waals surface area contributed by atoms with Gasteiger partial charge in [0.15, 0.2) is 0 Å². The van der Waals surface area contributed by atoms with Crippen LogP contribution in [0.4, 0.5) is 5.69 Å². The van der Waals surface area contributed by atoms with Crippen molar-refractivity contribution < 1.29 is 9.53 Å². The van der Waals surface area contributed by atoms with E-state index in [1.165, 1.54) is 10.6 Å². The molecule has 0 atom stereocenters. The molecule has 1 heterocycles. The monoisotopic (exact) mass is 348 g/mol. The number of hydrogen-bond donors (Lipinski definition) is 1. The average Bonchev–Trinajstić information content (AvgIpc) is 2.65. The summed E-state index contributed by atoms with van der Waals surface area (Å²) >= 11 is 0. The van der Waals surface area contributed by atoms with Gasteiger partial charge in [0.2, 0.25) is 0 Å². The van der Waals surface area contributed by atoms with Gasteiger partial charge in [-0.1, -0.05) is 30.3 Å². The van der Waals surface area contributed by atoms with Crippen LogP contribution in [0.3, 0.4) is 0 Å². The Balaban J connectivity index is 1.68. The second kappa shape index (κ2) is 7.70. The van der Waals surface area contributed by atoms with Gasteiger partial charge in [-0.15, -0.1) is 0 Å². The fraction of sp³-hybridized carbons (Fsp3) is 0.143. The number of aromatic nitrogens is 1. The van der Waals surface area contributed by atoms with E-state index < -0.39 is 0 Å². The van der Waals surface area contributed by atoms with Crippen LogP contribution in [0.15, 0.2) is 71.7 Å². The predicted octanol–water partition coefficient (Wildman–Crippen LogP) is 3.53. The molecule has 0 unspecified atom stereocenters. The summed E-state index contributed by atoms with van der Waals surface area (Å²) in [6.07, 6.45) is 1.57. The van der Waals surface area contributed by atoms with Crippen molar-refractivity contribution in [3.05, 3.63) is 93.9 Å². The molecule has 3 rings (SSSR count). The number of ether oxygens (including phenoxy) is 1. The van der Waals surface area contributed by atoms with Crippen LogP contribution in [0.1, 0.15) is 21.5 Å². The van der Waals surface area contributed by atoms with Gasteiger partial charge >= 0.3 is 0 Å². The van der Waals surface area contributed by atoms with Crippen molar-refractivity contribution in [1.29, 1.82) is 0 Å². The number of carbonyl (C=O) groups is 1. The molecule has 3 aromatic rings. The highest BCUT2D eigenvalue weighted by Gasteiger charge is 2.09. The molecule has 0 aliphatic rings. The molecular weight excluding hydrogens is 328 g/mol. The Morgan fingerprint density at radius 3 is 2.54 bits per heavy atom. The Bertz CT molecular complexity index is 978. The molecule has 0 bridgehead atoms. The number of aryl methyl sites for hydroxylation is 2. The van der Waals surface area contributed by atoms with Crippen LogP contribution in [0.25, 0.3) is 0 Å². The third-order valence-corrected chi connectivity index (χ3v) is 4.06. The molecule has 0 spiro atoms. The highest BCUT2D eigenvalue weighted by atomic mass is 16.5. The zero-order valence-electron chi connectivity index (χ0n) is 14.7. The zero-order valence-corrected chi connectivity index (χ0v) is 14.7. The van der Waals surface area contributed by atoms with Gasteiger partial charge in [0, 0.05) is 30.6 Å². The lowest BCUT2D eigenvalue weighted by Crippen LogP contribution is -2.20. The Labute approximate surface area is 151 Å². The van der Waals surface area contributed by atoms with E-state index in [0.29, 0.717) is 17.9 Å². The maximum Gasteiger partial charge on any atom is 0.255 e. The van der Waals surface area contributed by atoms with Gasteiger partial charge in [-0.3, -0.25) is 9.59 Å². The van der Waals surface area contributed by atoms with Crippen molar-refractivity contribution in [2.24, 2.45) is 7.05 Å². The van der Waals surface area contributed by atoms with Crippen molar-refractivity contribution in [3.63, 3.8) is 0 Å². The first kappa shape index (κ1) is 17.5. The van der Waals surface area contributed by atoms with Gasteiger partial charge in [0.25, 0.3) is 11.5 Å². The number of amides is 1. The Morgan fingerprint density at radius 1 is 1.08 bits per heavy atom. The van der Waals surface area contributed by atoms with Crippen molar-refractivity contribution in [3.8, 4) is 5.75 Å². The van der Waals surface area contributed by atoms with Crippen molar-refractivity contribution >= 4 is 11.6 Å². The third-order valence-electron chi connectivity index (χ3n) is 4.06. The second-order valence-electron chi connectivity index (χ2n) is 6.07. The summed E-state index contributed by atoms with van der Waals surface area (Å²) in [5.41, 5.74) is 2.76. The molecule has 0 saturated heterocycles.